The highest BCUT2D eigenvalue weighted by molar-refractivity contribution is 4.65. The van der Waals surface area contributed by atoms with Crippen LogP contribution in [0.2, 0.25) is 0 Å². The van der Waals surface area contributed by atoms with Gasteiger partial charge in [-0.3, -0.25) is 0 Å². The molecule has 1 saturated carbocycles. The van der Waals surface area contributed by atoms with Crippen molar-refractivity contribution in [1.82, 2.24) is 0 Å². The molecule has 0 atom stereocenters. The molecule has 9 heavy (non-hydrogen) atoms. The number of hydrogen-bond acceptors (Lipinski definition) is 2. The number of ether oxygens (including phenoxy) is 1. The Labute approximate surface area is 56.4 Å². The summed E-state index contributed by atoms with van der Waals surface area (Å²) in [6.45, 7) is 1.27. The van der Waals surface area contributed by atoms with E-state index in [4.69, 9.17) is 10.5 Å². The molecule has 0 radical (unpaired) electrons. The van der Waals surface area contributed by atoms with Crippen LogP contribution in [0.4, 0.5) is 0 Å². The third-order valence-corrected chi connectivity index (χ3v) is 1.95. The van der Waals surface area contributed by atoms with Crippen LogP contribution in [0.15, 0.2) is 0 Å². The standard InChI is InChI=1S/C7H15NO/c8-6-9-5-7-3-1-2-4-7/h7H,1-6,8H2. The van der Waals surface area contributed by atoms with Gasteiger partial charge in [-0.1, -0.05) is 12.8 Å². The van der Waals surface area contributed by atoms with E-state index in [1.165, 1.54) is 25.7 Å². The van der Waals surface area contributed by atoms with Crippen molar-refractivity contribution in [2.45, 2.75) is 25.7 Å². The fraction of sp³-hybridized carbons (Fsp3) is 1.00. The van der Waals surface area contributed by atoms with Crippen molar-refractivity contribution < 1.29 is 4.74 Å². The Hall–Kier alpha value is -0.0800. The first-order chi connectivity index (χ1) is 4.43. The highest BCUT2D eigenvalue weighted by Crippen LogP contribution is 2.24. The highest BCUT2D eigenvalue weighted by Gasteiger charge is 2.13. The van der Waals surface area contributed by atoms with Gasteiger partial charge in [0, 0.05) is 0 Å². The van der Waals surface area contributed by atoms with E-state index in [1.807, 2.05) is 0 Å². The summed E-state index contributed by atoms with van der Waals surface area (Å²) in [5.41, 5.74) is 5.18. The normalized spacial score (nSPS) is 21.0. The van der Waals surface area contributed by atoms with Gasteiger partial charge in [0.1, 0.15) is 0 Å². The quantitative estimate of drug-likeness (QED) is 0.579. The lowest BCUT2D eigenvalue weighted by Gasteiger charge is -2.06. The minimum absolute atomic E-state index is 0.385. The minimum atomic E-state index is 0.385. The number of rotatable bonds is 3. The molecule has 0 aliphatic heterocycles. The molecule has 0 bridgehead atoms. The van der Waals surface area contributed by atoms with E-state index in [0.29, 0.717) is 6.73 Å². The predicted octanol–water partition coefficient (Wildman–Crippen LogP) is 1.11. The Morgan fingerprint density at radius 3 is 2.56 bits per heavy atom. The van der Waals surface area contributed by atoms with Crippen LogP contribution in [-0.4, -0.2) is 13.3 Å². The van der Waals surface area contributed by atoms with E-state index in [-0.39, 0.29) is 0 Å². The van der Waals surface area contributed by atoms with Crippen molar-refractivity contribution in [3.05, 3.63) is 0 Å². The Kier molecular flexibility index (Phi) is 3.01. The van der Waals surface area contributed by atoms with Crippen LogP contribution < -0.4 is 5.73 Å². The molecular formula is C7H15NO. The molecule has 0 amide bonds. The van der Waals surface area contributed by atoms with Crippen molar-refractivity contribution in [2.24, 2.45) is 11.7 Å². The van der Waals surface area contributed by atoms with E-state index >= 15 is 0 Å². The maximum Gasteiger partial charge on any atom is 0.0940 e. The van der Waals surface area contributed by atoms with Crippen LogP contribution >= 0.6 is 0 Å². The number of nitrogens with two attached hydrogens (primary N) is 1. The molecule has 1 rings (SSSR count). The summed E-state index contributed by atoms with van der Waals surface area (Å²) in [5, 5.41) is 0. The van der Waals surface area contributed by atoms with Crippen molar-refractivity contribution in [1.29, 1.82) is 0 Å². The Bertz CT molecular complexity index is 69.3. The number of hydrogen-bond donors (Lipinski definition) is 1. The largest absolute Gasteiger partial charge is 0.366 e. The molecule has 0 saturated heterocycles. The highest BCUT2D eigenvalue weighted by atomic mass is 16.5. The van der Waals surface area contributed by atoms with Crippen LogP contribution in [0.1, 0.15) is 25.7 Å². The maximum atomic E-state index is 5.18. The van der Waals surface area contributed by atoms with E-state index in [9.17, 15) is 0 Å². The average Bonchev–Trinajstić information content (AvgIpc) is 2.34. The second-order valence-corrected chi connectivity index (χ2v) is 2.69. The third-order valence-electron chi connectivity index (χ3n) is 1.95. The van der Waals surface area contributed by atoms with Gasteiger partial charge in [-0.15, -0.1) is 0 Å². The van der Waals surface area contributed by atoms with Gasteiger partial charge in [0.15, 0.2) is 0 Å². The maximum absolute atomic E-state index is 5.18. The minimum Gasteiger partial charge on any atom is -0.366 e. The summed E-state index contributed by atoms with van der Waals surface area (Å²) in [7, 11) is 0. The Morgan fingerprint density at radius 1 is 1.33 bits per heavy atom. The van der Waals surface area contributed by atoms with Gasteiger partial charge in [0.05, 0.1) is 13.3 Å². The Morgan fingerprint density at radius 2 is 2.00 bits per heavy atom. The summed E-state index contributed by atoms with van der Waals surface area (Å²) >= 11 is 0. The first-order valence-electron chi connectivity index (χ1n) is 3.71. The topological polar surface area (TPSA) is 35.2 Å². The first kappa shape index (κ1) is 7.03. The molecule has 2 heteroatoms. The predicted molar refractivity (Wildman–Crippen MR) is 37.0 cm³/mol. The van der Waals surface area contributed by atoms with Crippen LogP contribution in [0.25, 0.3) is 0 Å². The van der Waals surface area contributed by atoms with Crippen molar-refractivity contribution >= 4 is 0 Å². The van der Waals surface area contributed by atoms with E-state index in [2.05, 4.69) is 0 Å². The molecular weight excluding hydrogens is 114 g/mol. The van der Waals surface area contributed by atoms with Gasteiger partial charge >= 0.3 is 0 Å². The first-order valence-corrected chi connectivity index (χ1v) is 3.71. The van der Waals surface area contributed by atoms with Crippen LogP contribution in [0, 0.1) is 5.92 Å². The van der Waals surface area contributed by atoms with Gasteiger partial charge < -0.3 is 10.5 Å². The smallest absolute Gasteiger partial charge is 0.0940 e. The van der Waals surface area contributed by atoms with Crippen molar-refractivity contribution in [3.8, 4) is 0 Å². The molecule has 0 unspecified atom stereocenters. The molecule has 2 N–H and O–H groups in total. The van der Waals surface area contributed by atoms with Gasteiger partial charge in [0.2, 0.25) is 0 Å². The molecule has 0 aromatic carbocycles. The SMILES string of the molecule is NCOCC1CCCC1. The summed E-state index contributed by atoms with van der Waals surface area (Å²) in [6, 6.07) is 0. The lowest BCUT2D eigenvalue weighted by atomic mass is 10.1. The average molecular weight is 129 g/mol. The van der Waals surface area contributed by atoms with E-state index in [1.54, 1.807) is 0 Å². The summed E-state index contributed by atoms with van der Waals surface area (Å²) in [6.07, 6.45) is 5.47. The molecule has 2 nitrogen and oxygen atoms in total. The molecule has 54 valence electrons. The molecule has 1 aliphatic carbocycles. The second kappa shape index (κ2) is 3.85. The molecule has 0 aromatic rings. The fourth-order valence-electron chi connectivity index (χ4n) is 1.41. The van der Waals surface area contributed by atoms with Crippen LogP contribution in [0.3, 0.4) is 0 Å². The molecule has 0 spiro atoms. The van der Waals surface area contributed by atoms with Crippen molar-refractivity contribution in [2.75, 3.05) is 13.3 Å². The second-order valence-electron chi connectivity index (χ2n) is 2.69. The fourth-order valence-corrected chi connectivity index (χ4v) is 1.41. The van der Waals surface area contributed by atoms with Crippen molar-refractivity contribution in [3.63, 3.8) is 0 Å². The molecule has 1 fully saturated rings. The zero-order valence-electron chi connectivity index (χ0n) is 5.81. The summed E-state index contributed by atoms with van der Waals surface area (Å²) < 4.78 is 5.10. The molecule has 1 aliphatic rings. The van der Waals surface area contributed by atoms with Gasteiger partial charge in [-0.05, 0) is 18.8 Å². The monoisotopic (exact) mass is 129 g/mol. The summed E-state index contributed by atoms with van der Waals surface area (Å²) in [4.78, 5) is 0. The van der Waals surface area contributed by atoms with E-state index < -0.39 is 0 Å². The summed E-state index contributed by atoms with van der Waals surface area (Å²) in [5.74, 6) is 0.813. The lowest BCUT2D eigenvalue weighted by Crippen LogP contribution is -2.11. The Balaban J connectivity index is 1.98. The van der Waals surface area contributed by atoms with Gasteiger partial charge in [-0.25, -0.2) is 0 Å². The zero-order chi connectivity index (χ0) is 6.53. The van der Waals surface area contributed by atoms with Gasteiger partial charge in [0.25, 0.3) is 0 Å². The third kappa shape index (κ3) is 2.33. The zero-order valence-corrected chi connectivity index (χ0v) is 5.81. The van der Waals surface area contributed by atoms with Gasteiger partial charge in [-0.2, -0.15) is 0 Å². The van der Waals surface area contributed by atoms with E-state index in [0.717, 1.165) is 12.5 Å². The lowest BCUT2D eigenvalue weighted by molar-refractivity contribution is 0.107. The molecule has 0 aromatic heterocycles. The molecule has 0 heterocycles. The van der Waals surface area contributed by atoms with Crippen LogP contribution in [0.5, 0.6) is 0 Å². The van der Waals surface area contributed by atoms with Crippen LogP contribution in [-0.2, 0) is 4.74 Å².